The lowest BCUT2D eigenvalue weighted by molar-refractivity contribution is 1.46. The number of rotatable bonds is 4. The molecule has 0 spiro atoms. The van der Waals surface area contributed by atoms with E-state index in [0.717, 1.165) is 10.5 Å². The van der Waals surface area contributed by atoms with Crippen molar-refractivity contribution in [1.82, 2.24) is 4.98 Å². The van der Waals surface area contributed by atoms with Crippen molar-refractivity contribution in [3.63, 3.8) is 0 Å². The van der Waals surface area contributed by atoms with Gasteiger partial charge in [0.05, 0.1) is 10.2 Å². The molecule has 0 saturated heterocycles. The maximum absolute atomic E-state index is 4.75. The number of thioether (sulfide) groups is 1. The van der Waals surface area contributed by atoms with Crippen molar-refractivity contribution in [2.45, 2.75) is 4.90 Å². The van der Waals surface area contributed by atoms with Crippen LogP contribution in [0.2, 0.25) is 0 Å². The Balaban J connectivity index is 1.76. The van der Waals surface area contributed by atoms with Crippen molar-refractivity contribution >= 4 is 44.3 Å². The Kier molecular flexibility index (Phi) is 4.45. The fourth-order valence-electron chi connectivity index (χ4n) is 2.45. The number of fused-ring (bicyclic) bond motifs is 1. The van der Waals surface area contributed by atoms with E-state index in [1.165, 1.54) is 20.1 Å². The molecule has 0 saturated carbocycles. The molecule has 4 rings (SSSR count). The highest BCUT2D eigenvalue weighted by molar-refractivity contribution is 8.08. The molecule has 0 unspecified atom stereocenters. The van der Waals surface area contributed by atoms with Gasteiger partial charge in [0.1, 0.15) is 5.01 Å². The van der Waals surface area contributed by atoms with Crippen LogP contribution in [0.1, 0.15) is 10.6 Å². The van der Waals surface area contributed by atoms with Gasteiger partial charge in [0.15, 0.2) is 0 Å². The third-order valence-electron chi connectivity index (χ3n) is 3.59. The molecule has 3 heteroatoms. The monoisotopic (exact) mass is 345 g/mol. The van der Waals surface area contributed by atoms with Crippen molar-refractivity contribution in [3.05, 3.63) is 95.5 Å². The molecule has 4 aromatic rings. The second-order valence-corrected chi connectivity index (χ2v) is 7.49. The van der Waals surface area contributed by atoms with Gasteiger partial charge in [0, 0.05) is 9.80 Å². The van der Waals surface area contributed by atoms with E-state index in [9.17, 15) is 0 Å². The first-order chi connectivity index (χ1) is 11.9. The van der Waals surface area contributed by atoms with E-state index in [2.05, 4.69) is 72.8 Å². The van der Waals surface area contributed by atoms with Crippen LogP contribution >= 0.6 is 23.1 Å². The van der Waals surface area contributed by atoms with E-state index >= 15 is 0 Å². The van der Waals surface area contributed by atoms with E-state index in [1.807, 2.05) is 18.2 Å². The standard InChI is InChI=1S/C21H15NS2/c1-3-9-16(10-4-1)20(23-17-11-5-2-6-12-17)15-21-22-18-13-7-8-14-19(18)24-21/h1-15H/b20-15+. The minimum absolute atomic E-state index is 1.04. The fourth-order valence-corrected chi connectivity index (χ4v) is 4.41. The lowest BCUT2D eigenvalue weighted by Crippen LogP contribution is -1.81. The Hall–Kier alpha value is -2.36. The van der Waals surface area contributed by atoms with Crippen molar-refractivity contribution in [2.75, 3.05) is 0 Å². The molecule has 0 amide bonds. The molecular weight excluding hydrogens is 330 g/mol. The van der Waals surface area contributed by atoms with Crippen LogP contribution in [0, 0.1) is 0 Å². The number of para-hydroxylation sites is 1. The third-order valence-corrected chi connectivity index (χ3v) is 5.66. The van der Waals surface area contributed by atoms with Gasteiger partial charge in [-0.3, -0.25) is 0 Å². The highest BCUT2D eigenvalue weighted by Gasteiger charge is 2.07. The van der Waals surface area contributed by atoms with Crippen LogP contribution in [0.15, 0.2) is 89.8 Å². The summed E-state index contributed by atoms with van der Waals surface area (Å²) in [5, 5.41) is 1.04. The van der Waals surface area contributed by atoms with Crippen molar-refractivity contribution in [2.24, 2.45) is 0 Å². The van der Waals surface area contributed by atoms with Gasteiger partial charge in [-0.2, -0.15) is 0 Å². The van der Waals surface area contributed by atoms with Gasteiger partial charge in [-0.25, -0.2) is 4.98 Å². The number of thiazole rings is 1. The molecule has 0 N–H and O–H groups in total. The van der Waals surface area contributed by atoms with E-state index in [-0.39, 0.29) is 0 Å². The molecule has 1 aromatic heterocycles. The average Bonchev–Trinajstić information content (AvgIpc) is 3.05. The summed E-state index contributed by atoms with van der Waals surface area (Å²) in [6.45, 7) is 0. The second-order valence-electron chi connectivity index (χ2n) is 5.31. The summed E-state index contributed by atoms with van der Waals surface area (Å²) >= 11 is 3.50. The van der Waals surface area contributed by atoms with Crippen LogP contribution in [0.5, 0.6) is 0 Å². The van der Waals surface area contributed by atoms with Crippen LogP contribution in [0.25, 0.3) is 21.2 Å². The molecule has 1 nitrogen and oxygen atoms in total. The Morgan fingerprint density at radius 2 is 1.46 bits per heavy atom. The van der Waals surface area contributed by atoms with Crippen molar-refractivity contribution in [1.29, 1.82) is 0 Å². The van der Waals surface area contributed by atoms with Gasteiger partial charge in [0.2, 0.25) is 0 Å². The molecule has 0 aliphatic rings. The topological polar surface area (TPSA) is 12.9 Å². The van der Waals surface area contributed by atoms with Crippen LogP contribution in [-0.2, 0) is 0 Å². The summed E-state index contributed by atoms with van der Waals surface area (Å²) in [5.74, 6) is 0. The summed E-state index contributed by atoms with van der Waals surface area (Å²) in [7, 11) is 0. The summed E-state index contributed by atoms with van der Waals surface area (Å²) in [6, 6.07) is 29.2. The normalized spacial score (nSPS) is 11.8. The Morgan fingerprint density at radius 3 is 2.21 bits per heavy atom. The fraction of sp³-hybridized carbons (Fsp3) is 0. The summed E-state index contributed by atoms with van der Waals surface area (Å²) in [6.07, 6.45) is 2.19. The quantitative estimate of drug-likeness (QED) is 0.387. The highest BCUT2D eigenvalue weighted by Crippen LogP contribution is 2.36. The Labute approximate surface area is 149 Å². The predicted octanol–water partition coefficient (Wildman–Crippen LogP) is 6.59. The van der Waals surface area contributed by atoms with E-state index in [0.29, 0.717) is 0 Å². The molecule has 24 heavy (non-hydrogen) atoms. The summed E-state index contributed by atoms with van der Waals surface area (Å²) < 4.78 is 1.22. The first-order valence-corrected chi connectivity index (χ1v) is 9.37. The number of hydrogen-bond donors (Lipinski definition) is 0. The zero-order valence-electron chi connectivity index (χ0n) is 12.9. The molecule has 1 heterocycles. The predicted molar refractivity (Wildman–Crippen MR) is 106 cm³/mol. The zero-order valence-corrected chi connectivity index (χ0v) is 14.6. The SMILES string of the molecule is C(=C(\Sc1ccccc1)c1ccccc1)/c1nc2ccccc2s1. The molecule has 0 radical (unpaired) electrons. The van der Waals surface area contributed by atoms with Crippen molar-refractivity contribution in [3.8, 4) is 0 Å². The molecule has 3 aromatic carbocycles. The second kappa shape index (κ2) is 7.04. The largest absolute Gasteiger partial charge is 0.237 e. The van der Waals surface area contributed by atoms with Gasteiger partial charge < -0.3 is 0 Å². The lowest BCUT2D eigenvalue weighted by atomic mass is 10.2. The highest BCUT2D eigenvalue weighted by atomic mass is 32.2. The molecule has 116 valence electrons. The van der Waals surface area contributed by atoms with Gasteiger partial charge in [0.25, 0.3) is 0 Å². The van der Waals surface area contributed by atoms with Gasteiger partial charge in [-0.15, -0.1) is 11.3 Å². The molecular formula is C21H15NS2. The minimum atomic E-state index is 1.04. The lowest BCUT2D eigenvalue weighted by Gasteiger charge is -2.07. The summed E-state index contributed by atoms with van der Waals surface area (Å²) in [5.41, 5.74) is 2.27. The zero-order chi connectivity index (χ0) is 16.2. The first-order valence-electron chi connectivity index (χ1n) is 7.74. The number of nitrogens with zero attached hydrogens (tertiary/aromatic N) is 1. The van der Waals surface area contributed by atoms with E-state index < -0.39 is 0 Å². The van der Waals surface area contributed by atoms with Crippen LogP contribution < -0.4 is 0 Å². The Morgan fingerprint density at radius 1 is 0.792 bits per heavy atom. The van der Waals surface area contributed by atoms with E-state index in [4.69, 9.17) is 4.98 Å². The average molecular weight is 345 g/mol. The maximum atomic E-state index is 4.75. The maximum Gasteiger partial charge on any atom is 0.118 e. The molecule has 0 bridgehead atoms. The van der Waals surface area contributed by atoms with Crippen LogP contribution in [0.3, 0.4) is 0 Å². The van der Waals surface area contributed by atoms with Crippen LogP contribution in [-0.4, -0.2) is 4.98 Å². The third kappa shape index (κ3) is 3.42. The van der Waals surface area contributed by atoms with Crippen molar-refractivity contribution < 1.29 is 0 Å². The van der Waals surface area contributed by atoms with Gasteiger partial charge >= 0.3 is 0 Å². The Bertz CT molecular complexity index is 939. The molecule has 0 aliphatic carbocycles. The smallest absolute Gasteiger partial charge is 0.118 e. The molecule has 0 fully saturated rings. The molecule has 0 aliphatic heterocycles. The minimum Gasteiger partial charge on any atom is -0.237 e. The number of aromatic nitrogens is 1. The number of hydrogen-bond acceptors (Lipinski definition) is 3. The van der Waals surface area contributed by atoms with Gasteiger partial charge in [-0.05, 0) is 35.9 Å². The first kappa shape index (κ1) is 15.2. The number of benzene rings is 3. The summed E-state index contributed by atoms with van der Waals surface area (Å²) in [4.78, 5) is 7.19. The van der Waals surface area contributed by atoms with E-state index in [1.54, 1.807) is 23.1 Å². The molecule has 0 atom stereocenters. The van der Waals surface area contributed by atoms with Crippen LogP contribution in [0.4, 0.5) is 0 Å². The van der Waals surface area contributed by atoms with Gasteiger partial charge in [-0.1, -0.05) is 72.4 Å².